The Kier molecular flexibility index (Phi) is 5.06. The molecule has 1 saturated carbocycles. The second-order valence-corrected chi connectivity index (χ2v) is 7.70. The Morgan fingerprint density at radius 1 is 1.07 bits per heavy atom. The van der Waals surface area contributed by atoms with Crippen molar-refractivity contribution in [2.45, 2.75) is 57.7 Å². The van der Waals surface area contributed by atoms with Crippen molar-refractivity contribution in [3.8, 4) is 11.5 Å². The van der Waals surface area contributed by atoms with E-state index in [0.717, 1.165) is 37.2 Å². The second-order valence-electron chi connectivity index (χ2n) is 7.70. The van der Waals surface area contributed by atoms with E-state index in [1.807, 2.05) is 12.1 Å². The van der Waals surface area contributed by atoms with E-state index in [9.17, 15) is 4.79 Å². The van der Waals surface area contributed by atoms with Crippen LogP contribution < -0.4 is 9.47 Å². The summed E-state index contributed by atoms with van der Waals surface area (Å²) in [5.74, 6) is 0.921. The Morgan fingerprint density at radius 3 is 2.59 bits per heavy atom. The number of rotatable bonds is 4. The molecule has 1 heterocycles. The van der Waals surface area contributed by atoms with Gasteiger partial charge in [0.25, 0.3) is 0 Å². The molecule has 0 radical (unpaired) electrons. The smallest absolute Gasteiger partial charge is 0.306 e. The van der Waals surface area contributed by atoms with Crippen molar-refractivity contribution in [1.29, 1.82) is 0 Å². The largest absolute Gasteiger partial charge is 0.490 e. The number of ether oxygens (including phenoxy) is 2. The van der Waals surface area contributed by atoms with Crippen molar-refractivity contribution in [2.75, 3.05) is 0 Å². The Hall–Kier alpha value is -2.49. The van der Waals surface area contributed by atoms with Gasteiger partial charge in [0.1, 0.15) is 17.6 Å². The van der Waals surface area contributed by atoms with Crippen LogP contribution in [0.1, 0.15) is 54.9 Å². The van der Waals surface area contributed by atoms with E-state index in [4.69, 9.17) is 14.6 Å². The molecule has 4 heteroatoms. The summed E-state index contributed by atoms with van der Waals surface area (Å²) in [6, 6.07) is 14.5. The van der Waals surface area contributed by atoms with Crippen LogP contribution >= 0.6 is 0 Å². The molecule has 0 bridgehead atoms. The Balaban J connectivity index is 1.41. The van der Waals surface area contributed by atoms with Gasteiger partial charge in [-0.2, -0.15) is 0 Å². The summed E-state index contributed by atoms with van der Waals surface area (Å²) in [5.41, 5.74) is 3.72. The molecule has 2 aromatic carbocycles. The highest BCUT2D eigenvalue weighted by molar-refractivity contribution is 5.70. The van der Waals surface area contributed by atoms with Crippen molar-refractivity contribution >= 4 is 5.97 Å². The number of carboxylic acid groups (broad SMARTS) is 1. The van der Waals surface area contributed by atoms with Crippen molar-refractivity contribution in [2.24, 2.45) is 5.92 Å². The van der Waals surface area contributed by atoms with Gasteiger partial charge in [-0.15, -0.1) is 0 Å². The first-order valence-corrected chi connectivity index (χ1v) is 9.84. The lowest BCUT2D eigenvalue weighted by molar-refractivity contribution is -0.143. The lowest BCUT2D eigenvalue weighted by Crippen LogP contribution is -2.27. The highest BCUT2D eigenvalue weighted by Gasteiger charge is 2.27. The Bertz CT molecular complexity index is 821. The molecule has 27 heavy (non-hydrogen) atoms. The maximum absolute atomic E-state index is 11.1. The molecule has 1 atom stereocenters. The summed E-state index contributed by atoms with van der Waals surface area (Å²) in [4.78, 5) is 11.1. The SMILES string of the molecule is Cc1ccccc1[C@@H]1CCc2cc(O[C@H]3CC[C@H](C(=O)O)CC3)ccc2O1. The minimum atomic E-state index is -0.678. The first-order chi connectivity index (χ1) is 13.1. The van der Waals surface area contributed by atoms with E-state index < -0.39 is 5.97 Å². The van der Waals surface area contributed by atoms with Crippen LogP contribution in [-0.4, -0.2) is 17.2 Å². The molecule has 1 aliphatic heterocycles. The second kappa shape index (κ2) is 7.63. The minimum absolute atomic E-state index is 0.108. The van der Waals surface area contributed by atoms with Gasteiger partial charge in [0.15, 0.2) is 0 Å². The maximum atomic E-state index is 11.1. The number of hydrogen-bond donors (Lipinski definition) is 1. The van der Waals surface area contributed by atoms with E-state index in [0.29, 0.717) is 12.8 Å². The van der Waals surface area contributed by atoms with E-state index >= 15 is 0 Å². The molecule has 142 valence electrons. The van der Waals surface area contributed by atoms with Crippen LogP contribution in [0.3, 0.4) is 0 Å². The van der Waals surface area contributed by atoms with Gasteiger partial charge in [-0.25, -0.2) is 0 Å². The summed E-state index contributed by atoms with van der Waals surface area (Å²) in [6.45, 7) is 2.13. The molecule has 1 aliphatic carbocycles. The van der Waals surface area contributed by atoms with Crippen LogP contribution in [0.4, 0.5) is 0 Å². The highest BCUT2D eigenvalue weighted by atomic mass is 16.5. The zero-order valence-corrected chi connectivity index (χ0v) is 15.7. The average molecular weight is 366 g/mol. The fraction of sp³-hybridized carbons (Fsp3) is 0.435. The topological polar surface area (TPSA) is 55.8 Å². The molecule has 0 unspecified atom stereocenters. The predicted octanol–water partition coefficient (Wildman–Crippen LogP) is 5.08. The number of carboxylic acids is 1. The van der Waals surface area contributed by atoms with Crippen LogP contribution in [0.15, 0.2) is 42.5 Å². The highest BCUT2D eigenvalue weighted by Crippen LogP contribution is 2.38. The quantitative estimate of drug-likeness (QED) is 0.819. The summed E-state index contributed by atoms with van der Waals surface area (Å²) in [7, 11) is 0. The fourth-order valence-electron chi connectivity index (χ4n) is 4.23. The van der Waals surface area contributed by atoms with Crippen LogP contribution in [0, 0.1) is 12.8 Å². The van der Waals surface area contributed by atoms with Crippen molar-refractivity contribution in [3.63, 3.8) is 0 Å². The standard InChI is InChI=1S/C23H26O4/c1-15-4-2-3-5-20(15)22-12-8-17-14-19(11-13-21(17)27-22)26-18-9-6-16(7-10-18)23(24)25/h2-5,11,13-14,16,18,22H,6-10,12H2,1H3,(H,24,25)/t16-,18-,22-/m0/s1. The van der Waals surface area contributed by atoms with Gasteiger partial charge in [0.05, 0.1) is 12.0 Å². The fourth-order valence-corrected chi connectivity index (χ4v) is 4.23. The first kappa shape index (κ1) is 17.9. The molecule has 2 aliphatic rings. The minimum Gasteiger partial charge on any atom is -0.490 e. The first-order valence-electron chi connectivity index (χ1n) is 9.84. The molecule has 4 nitrogen and oxygen atoms in total. The van der Waals surface area contributed by atoms with Gasteiger partial charge in [0, 0.05) is 0 Å². The average Bonchev–Trinajstić information content (AvgIpc) is 2.68. The summed E-state index contributed by atoms with van der Waals surface area (Å²) < 4.78 is 12.4. The molecule has 1 N–H and O–H groups in total. The summed E-state index contributed by atoms with van der Waals surface area (Å²) in [5, 5.41) is 9.11. The zero-order valence-electron chi connectivity index (χ0n) is 15.7. The Morgan fingerprint density at radius 2 is 1.85 bits per heavy atom. The van der Waals surface area contributed by atoms with Crippen LogP contribution in [-0.2, 0) is 11.2 Å². The third-order valence-corrected chi connectivity index (χ3v) is 5.84. The monoisotopic (exact) mass is 366 g/mol. The molecule has 0 spiro atoms. The molecular formula is C23H26O4. The van der Waals surface area contributed by atoms with Gasteiger partial charge >= 0.3 is 5.97 Å². The summed E-state index contributed by atoms with van der Waals surface area (Å²) >= 11 is 0. The molecule has 0 saturated heterocycles. The van der Waals surface area contributed by atoms with Crippen LogP contribution in [0.2, 0.25) is 0 Å². The number of aliphatic carboxylic acids is 1. The predicted molar refractivity (Wildman–Crippen MR) is 103 cm³/mol. The lowest BCUT2D eigenvalue weighted by atomic mass is 9.87. The van der Waals surface area contributed by atoms with Gasteiger partial charge in [-0.3, -0.25) is 4.79 Å². The van der Waals surface area contributed by atoms with E-state index in [1.165, 1.54) is 16.7 Å². The lowest BCUT2D eigenvalue weighted by Gasteiger charge is -2.29. The third kappa shape index (κ3) is 3.95. The van der Waals surface area contributed by atoms with Crippen molar-refractivity contribution in [3.05, 3.63) is 59.2 Å². The van der Waals surface area contributed by atoms with Gasteiger partial charge in [-0.05, 0) is 80.3 Å². The number of fused-ring (bicyclic) bond motifs is 1. The normalized spacial score (nSPS) is 24.6. The van der Waals surface area contributed by atoms with Crippen LogP contribution in [0.25, 0.3) is 0 Å². The van der Waals surface area contributed by atoms with Crippen molar-refractivity contribution < 1.29 is 19.4 Å². The Labute approximate surface area is 160 Å². The third-order valence-electron chi connectivity index (χ3n) is 5.84. The van der Waals surface area contributed by atoms with E-state index in [2.05, 4.69) is 37.3 Å². The zero-order chi connectivity index (χ0) is 18.8. The number of benzene rings is 2. The number of hydrogen-bond acceptors (Lipinski definition) is 3. The summed E-state index contributed by atoms with van der Waals surface area (Å²) in [6.07, 6.45) is 5.17. The molecular weight excluding hydrogens is 340 g/mol. The van der Waals surface area contributed by atoms with Gasteiger partial charge < -0.3 is 14.6 Å². The molecule has 4 rings (SSSR count). The number of carbonyl (C=O) groups is 1. The van der Waals surface area contributed by atoms with E-state index in [-0.39, 0.29) is 18.1 Å². The van der Waals surface area contributed by atoms with Gasteiger partial charge in [0.2, 0.25) is 0 Å². The molecule has 0 amide bonds. The van der Waals surface area contributed by atoms with E-state index in [1.54, 1.807) is 0 Å². The van der Waals surface area contributed by atoms with Crippen LogP contribution in [0.5, 0.6) is 11.5 Å². The molecule has 1 fully saturated rings. The van der Waals surface area contributed by atoms with Gasteiger partial charge in [-0.1, -0.05) is 24.3 Å². The molecule has 2 aromatic rings. The van der Waals surface area contributed by atoms with Crippen molar-refractivity contribution in [1.82, 2.24) is 0 Å². The number of aryl methyl sites for hydroxylation is 2. The molecule has 0 aromatic heterocycles. The maximum Gasteiger partial charge on any atom is 0.306 e.